The van der Waals surface area contributed by atoms with Gasteiger partial charge in [-0.1, -0.05) is 48.5 Å². The van der Waals surface area contributed by atoms with Crippen LogP contribution in [0, 0.1) is 0 Å². The molecule has 0 spiro atoms. The molecular formula is C20H14Ca3O12. The van der Waals surface area contributed by atoms with Gasteiger partial charge in [0, 0.05) is 34.2 Å². The van der Waals surface area contributed by atoms with Crippen molar-refractivity contribution in [1.29, 1.82) is 0 Å². The number of aliphatic carboxylic acids is 2. The van der Waals surface area contributed by atoms with Gasteiger partial charge in [-0.15, -0.1) is 0 Å². The second-order valence-electron chi connectivity index (χ2n) is 5.22. The molecule has 0 fully saturated rings. The Morgan fingerprint density at radius 1 is 0.429 bits per heavy atom. The molecule has 0 unspecified atom stereocenters. The molecule has 35 heavy (non-hydrogen) atoms. The maximum absolute atomic E-state index is 10.3. The molecule has 0 heterocycles. The summed E-state index contributed by atoms with van der Waals surface area (Å²) in [5.41, 5.74) is -1.45. The summed E-state index contributed by atoms with van der Waals surface area (Å²) in [5, 5.41) is 59.1. The molecular weight excluding hydrogens is 552 g/mol. The average Bonchev–Trinajstić information content (AvgIpc) is 2.67. The molecule has 2 aromatic rings. The maximum Gasteiger partial charge on any atom is 2.00 e. The first kappa shape index (κ1) is 44.1. The van der Waals surface area contributed by atoms with Crippen LogP contribution in [-0.2, 0) is 9.59 Å². The van der Waals surface area contributed by atoms with Gasteiger partial charge in [-0.2, -0.15) is 0 Å². The number of carboxylic acid groups (broad SMARTS) is 6. The number of hydrogen-bond donors (Lipinski definition) is 0. The van der Waals surface area contributed by atoms with Crippen molar-refractivity contribution < 1.29 is 59.4 Å². The minimum absolute atomic E-state index is 0. The Morgan fingerprint density at radius 3 is 0.629 bits per heavy atom. The third-order valence-corrected chi connectivity index (χ3v) is 2.73. The quantitative estimate of drug-likeness (QED) is 0.314. The zero-order chi connectivity index (χ0) is 25.4. The van der Waals surface area contributed by atoms with Crippen LogP contribution in [0.2, 0.25) is 0 Å². The Labute approximate surface area is 289 Å². The van der Waals surface area contributed by atoms with Crippen LogP contribution in [0.15, 0.2) is 48.5 Å². The van der Waals surface area contributed by atoms with Gasteiger partial charge in [0.15, 0.2) is 0 Å². The summed E-state index contributed by atoms with van der Waals surface area (Å²) >= 11 is 0. The first-order valence-electron chi connectivity index (χ1n) is 8.10. The normalized spacial score (nSPS) is 7.83. The van der Waals surface area contributed by atoms with Crippen LogP contribution in [0.5, 0.6) is 0 Å². The van der Waals surface area contributed by atoms with Gasteiger partial charge < -0.3 is 59.4 Å². The van der Waals surface area contributed by atoms with Gasteiger partial charge in [0.2, 0.25) is 0 Å². The molecule has 0 aliphatic heterocycles. The maximum atomic E-state index is 10.3. The molecule has 0 aromatic heterocycles. The van der Waals surface area contributed by atoms with Crippen molar-refractivity contribution in [3.63, 3.8) is 0 Å². The van der Waals surface area contributed by atoms with Gasteiger partial charge in [-0.05, 0) is 13.8 Å². The monoisotopic (exact) mass is 566 g/mol. The third-order valence-electron chi connectivity index (χ3n) is 2.73. The molecule has 2 rings (SSSR count). The van der Waals surface area contributed by atoms with Crippen molar-refractivity contribution in [1.82, 2.24) is 0 Å². The fraction of sp³-hybridized carbons (Fsp3) is 0.100. The Bertz CT molecular complexity index is 839. The van der Waals surface area contributed by atoms with Crippen molar-refractivity contribution in [3.05, 3.63) is 70.8 Å². The second-order valence-corrected chi connectivity index (χ2v) is 5.22. The Kier molecular flexibility index (Phi) is 31.1. The van der Waals surface area contributed by atoms with Crippen LogP contribution >= 0.6 is 0 Å². The first-order valence-corrected chi connectivity index (χ1v) is 8.10. The minimum Gasteiger partial charge on any atom is -0.550 e. The van der Waals surface area contributed by atoms with Crippen LogP contribution in [0.4, 0.5) is 0 Å². The molecule has 172 valence electrons. The number of carbonyl (C=O) groups excluding carboxylic acids is 6. The molecule has 15 heteroatoms. The van der Waals surface area contributed by atoms with Crippen LogP contribution in [0.25, 0.3) is 0 Å². The summed E-state index contributed by atoms with van der Waals surface area (Å²) in [6, 6.07) is 10.3. The van der Waals surface area contributed by atoms with E-state index in [0.717, 1.165) is 38.1 Å². The molecule has 0 atom stereocenters. The van der Waals surface area contributed by atoms with Crippen LogP contribution in [-0.4, -0.2) is 149 Å². The minimum atomic E-state index is -1.52. The molecule has 12 nitrogen and oxygen atoms in total. The number of benzene rings is 2. The fourth-order valence-electron chi connectivity index (χ4n) is 1.68. The summed E-state index contributed by atoms with van der Waals surface area (Å²) in [4.78, 5) is 59.1. The summed E-state index contributed by atoms with van der Waals surface area (Å²) in [5.74, 6) is -8.24. The van der Waals surface area contributed by atoms with E-state index in [4.69, 9.17) is 19.8 Å². The van der Waals surface area contributed by atoms with Gasteiger partial charge in [0.25, 0.3) is 0 Å². The fourth-order valence-corrected chi connectivity index (χ4v) is 1.68. The number of hydrogen-bond acceptors (Lipinski definition) is 12. The van der Waals surface area contributed by atoms with Gasteiger partial charge in [0.1, 0.15) is 0 Å². The van der Waals surface area contributed by atoms with E-state index in [-0.39, 0.29) is 135 Å². The Balaban J connectivity index is -0.000000124. The molecule has 0 aliphatic carbocycles. The first-order chi connectivity index (χ1) is 14.7. The van der Waals surface area contributed by atoms with E-state index in [9.17, 15) is 39.6 Å². The summed E-state index contributed by atoms with van der Waals surface area (Å²) in [7, 11) is 0. The van der Waals surface area contributed by atoms with E-state index in [1.165, 1.54) is 24.3 Å². The Hall–Kier alpha value is -0.961. The molecule has 0 bridgehead atoms. The summed E-state index contributed by atoms with van der Waals surface area (Å²) in [6.45, 7) is 1.94. The largest absolute Gasteiger partial charge is 2.00 e. The van der Waals surface area contributed by atoms with Crippen LogP contribution in [0.3, 0.4) is 0 Å². The van der Waals surface area contributed by atoms with Crippen molar-refractivity contribution >= 4 is 149 Å². The van der Waals surface area contributed by atoms with Crippen LogP contribution in [0.1, 0.15) is 55.3 Å². The Morgan fingerprint density at radius 2 is 0.543 bits per heavy atom. The standard InChI is InChI=1S/2C8H6O4.2C2H4O2.3Ca/c2*9-7(10)5-3-1-2-4-6(5)8(11)12;2*1-2(3)4;;;/h2*1-4H,(H,9,10)(H,11,12);2*1H3,(H,3,4);;;/q;;;;3*+2/p-6. The molecule has 0 amide bonds. The molecule has 0 radical (unpaired) electrons. The molecule has 2 aromatic carbocycles. The summed E-state index contributed by atoms with van der Waals surface area (Å²) < 4.78 is 0. The van der Waals surface area contributed by atoms with Crippen molar-refractivity contribution in [2.75, 3.05) is 0 Å². The predicted molar refractivity (Wildman–Crippen MR) is 109 cm³/mol. The van der Waals surface area contributed by atoms with Gasteiger partial charge in [-0.25, -0.2) is 0 Å². The smallest absolute Gasteiger partial charge is 0.550 e. The zero-order valence-electron chi connectivity index (χ0n) is 18.6. The number of carboxylic acids is 6. The van der Waals surface area contributed by atoms with E-state index in [1.54, 1.807) is 0 Å². The average molecular weight is 567 g/mol. The predicted octanol–water partition coefficient (Wildman–Crippen LogP) is -6.80. The SMILES string of the molecule is CC(=O)[O-].CC(=O)[O-].O=C([O-])c1ccccc1C(=O)[O-].O=C([O-])c1ccccc1C(=O)[O-].[Ca+2].[Ca+2].[Ca+2]. The van der Waals surface area contributed by atoms with Gasteiger partial charge in [-0.3, -0.25) is 0 Å². The zero-order valence-corrected chi connectivity index (χ0v) is 25.3. The molecule has 0 N–H and O–H groups in total. The van der Waals surface area contributed by atoms with Crippen molar-refractivity contribution in [3.8, 4) is 0 Å². The van der Waals surface area contributed by atoms with Crippen molar-refractivity contribution in [2.24, 2.45) is 0 Å². The van der Waals surface area contributed by atoms with Gasteiger partial charge in [0.05, 0.1) is 23.9 Å². The van der Waals surface area contributed by atoms with E-state index < -0.39 is 35.8 Å². The molecule has 0 saturated carbocycles. The van der Waals surface area contributed by atoms with Crippen LogP contribution < -0.4 is 30.6 Å². The van der Waals surface area contributed by atoms with E-state index >= 15 is 0 Å². The topological polar surface area (TPSA) is 241 Å². The van der Waals surface area contributed by atoms with E-state index in [1.807, 2.05) is 0 Å². The number of aromatic carboxylic acids is 4. The summed E-state index contributed by atoms with van der Waals surface area (Å²) in [6.07, 6.45) is 0. The molecule has 0 saturated heterocycles. The molecule has 0 aliphatic rings. The van der Waals surface area contributed by atoms with E-state index in [0.29, 0.717) is 0 Å². The van der Waals surface area contributed by atoms with E-state index in [2.05, 4.69) is 0 Å². The number of rotatable bonds is 4. The second kappa shape index (κ2) is 24.7. The third kappa shape index (κ3) is 23.2. The number of carbonyl (C=O) groups is 6. The van der Waals surface area contributed by atoms with Crippen molar-refractivity contribution in [2.45, 2.75) is 13.8 Å². The van der Waals surface area contributed by atoms with Gasteiger partial charge >= 0.3 is 113 Å².